The minimum atomic E-state index is -0.744. The summed E-state index contributed by atoms with van der Waals surface area (Å²) in [6, 6.07) is 5.72. The van der Waals surface area contributed by atoms with Crippen molar-refractivity contribution in [1.29, 1.82) is 0 Å². The van der Waals surface area contributed by atoms with Crippen molar-refractivity contribution in [2.45, 2.75) is 64.6 Å². The number of hydrogen-bond donors (Lipinski definition) is 3. The van der Waals surface area contributed by atoms with E-state index in [2.05, 4.69) is 60.1 Å². The Hall–Kier alpha value is -3.00. The van der Waals surface area contributed by atoms with E-state index in [0.29, 0.717) is 33.5 Å². The number of aromatic hydroxyl groups is 1. The van der Waals surface area contributed by atoms with Crippen LogP contribution in [0.4, 0.5) is 4.39 Å². The third kappa shape index (κ3) is 3.83. The average Bonchev–Trinajstić information content (AvgIpc) is 3.08. The largest absolute Gasteiger partial charge is 0.505 e. The van der Waals surface area contributed by atoms with Crippen molar-refractivity contribution in [3.8, 4) is 17.0 Å². The first-order valence-corrected chi connectivity index (χ1v) is 10.8. The average molecular weight is 440 g/mol. The van der Waals surface area contributed by atoms with E-state index >= 15 is 0 Å². The highest BCUT2D eigenvalue weighted by atomic mass is 19.1. The third-order valence-electron chi connectivity index (χ3n) is 6.84. The molecule has 3 aromatic rings. The van der Waals surface area contributed by atoms with Crippen LogP contribution in [-0.4, -0.2) is 55.3 Å². The summed E-state index contributed by atoms with van der Waals surface area (Å²) in [6.45, 7) is 10.6. The molecule has 0 atom stereocenters. The first kappa shape index (κ1) is 22.2. The fraction of sp³-hybridized carbons (Fsp3) is 0.458. The monoisotopic (exact) mass is 439 g/mol. The second-order valence-electron chi connectivity index (χ2n) is 10.0. The van der Waals surface area contributed by atoms with Crippen molar-refractivity contribution in [1.82, 2.24) is 25.4 Å². The number of pyridine rings is 1. The summed E-state index contributed by atoms with van der Waals surface area (Å²) < 4.78 is 13.9. The summed E-state index contributed by atoms with van der Waals surface area (Å²) in [7, 11) is 2.13. The van der Waals surface area contributed by atoms with Crippen molar-refractivity contribution >= 4 is 16.9 Å². The zero-order valence-electron chi connectivity index (χ0n) is 19.4. The number of halogens is 1. The Bertz CT molecular complexity index is 1180. The van der Waals surface area contributed by atoms with E-state index in [9.17, 15) is 14.3 Å². The first-order chi connectivity index (χ1) is 14.9. The molecule has 1 fully saturated rings. The number of carbonyl (C=O) groups is 1. The summed E-state index contributed by atoms with van der Waals surface area (Å²) >= 11 is 0. The zero-order chi connectivity index (χ0) is 23.4. The number of likely N-dealkylation sites (tertiary alicyclic amines) is 1. The molecule has 0 bridgehead atoms. The lowest BCUT2D eigenvalue weighted by Gasteiger charge is -2.53. The summed E-state index contributed by atoms with van der Waals surface area (Å²) in [5, 5.41) is 20.5. The number of fused-ring (bicyclic) bond motifs is 1. The Labute approximate surface area is 187 Å². The zero-order valence-corrected chi connectivity index (χ0v) is 19.4. The van der Waals surface area contributed by atoms with Crippen molar-refractivity contribution in [3.05, 3.63) is 41.3 Å². The molecule has 1 aromatic carbocycles. The van der Waals surface area contributed by atoms with Crippen LogP contribution in [0.2, 0.25) is 0 Å². The molecule has 1 aliphatic heterocycles. The van der Waals surface area contributed by atoms with Crippen LogP contribution in [0, 0.1) is 12.7 Å². The SMILES string of the molecule is Cc1n[nH]c2nc(-c3ccc(O)c(F)c3)cc(C(=O)NC3CC(C)(C)N(C)C(C)(C)C3)c12. The quantitative estimate of drug-likeness (QED) is 0.570. The minimum absolute atomic E-state index is 0.00805. The molecule has 2 aromatic heterocycles. The summed E-state index contributed by atoms with van der Waals surface area (Å²) in [5.41, 5.74) is 2.34. The van der Waals surface area contributed by atoms with Crippen molar-refractivity contribution in [3.63, 3.8) is 0 Å². The third-order valence-corrected chi connectivity index (χ3v) is 6.84. The molecule has 4 rings (SSSR count). The molecule has 32 heavy (non-hydrogen) atoms. The summed E-state index contributed by atoms with van der Waals surface area (Å²) in [6.07, 6.45) is 1.65. The number of nitrogens with one attached hydrogen (secondary N) is 2. The topological polar surface area (TPSA) is 94.1 Å². The van der Waals surface area contributed by atoms with Gasteiger partial charge in [0.15, 0.2) is 17.2 Å². The number of rotatable bonds is 3. The van der Waals surface area contributed by atoms with E-state index in [1.807, 2.05) is 6.92 Å². The first-order valence-electron chi connectivity index (χ1n) is 10.8. The van der Waals surface area contributed by atoms with Crippen molar-refractivity contribution < 1.29 is 14.3 Å². The van der Waals surface area contributed by atoms with Gasteiger partial charge in [-0.25, -0.2) is 9.37 Å². The second kappa shape index (κ2) is 7.55. The molecule has 3 N–H and O–H groups in total. The van der Waals surface area contributed by atoms with E-state index in [0.717, 1.165) is 12.8 Å². The fourth-order valence-corrected chi connectivity index (χ4v) is 4.91. The molecule has 170 valence electrons. The van der Waals surface area contributed by atoms with Crippen LogP contribution in [0.1, 0.15) is 56.6 Å². The van der Waals surface area contributed by atoms with Gasteiger partial charge in [-0.15, -0.1) is 0 Å². The molecule has 0 spiro atoms. The van der Waals surface area contributed by atoms with E-state index in [4.69, 9.17) is 0 Å². The van der Waals surface area contributed by atoms with Crippen LogP contribution in [-0.2, 0) is 0 Å². The van der Waals surface area contributed by atoms with Gasteiger partial charge < -0.3 is 10.4 Å². The fourth-order valence-electron chi connectivity index (χ4n) is 4.91. The van der Waals surface area contributed by atoms with Gasteiger partial charge >= 0.3 is 0 Å². The summed E-state index contributed by atoms with van der Waals surface area (Å²) in [4.78, 5) is 20.4. The van der Waals surface area contributed by atoms with Gasteiger partial charge in [-0.2, -0.15) is 5.10 Å². The van der Waals surface area contributed by atoms with Gasteiger partial charge in [0, 0.05) is 22.7 Å². The number of aromatic amines is 1. The number of phenolic OH excluding ortho intramolecular Hbond substituents is 1. The van der Waals surface area contributed by atoms with Gasteiger partial charge in [-0.1, -0.05) is 0 Å². The molecule has 0 aliphatic carbocycles. The number of piperidine rings is 1. The van der Waals surface area contributed by atoms with E-state index in [1.54, 1.807) is 12.1 Å². The molecule has 8 heteroatoms. The van der Waals surface area contributed by atoms with E-state index in [-0.39, 0.29) is 23.0 Å². The lowest BCUT2D eigenvalue weighted by Crippen LogP contribution is -2.62. The molecule has 1 amide bonds. The van der Waals surface area contributed by atoms with Crippen molar-refractivity contribution in [2.24, 2.45) is 0 Å². The van der Waals surface area contributed by atoms with Gasteiger partial charge in [0.05, 0.1) is 22.3 Å². The Morgan fingerprint density at radius 3 is 2.50 bits per heavy atom. The normalized spacial score (nSPS) is 18.7. The number of benzene rings is 1. The number of phenols is 1. The smallest absolute Gasteiger partial charge is 0.252 e. The number of carbonyl (C=O) groups excluding carboxylic acids is 1. The van der Waals surface area contributed by atoms with Crippen LogP contribution in [0.5, 0.6) is 5.75 Å². The maximum Gasteiger partial charge on any atom is 0.252 e. The molecule has 3 heterocycles. The Morgan fingerprint density at radius 2 is 1.88 bits per heavy atom. The number of H-pyrrole nitrogens is 1. The highest BCUT2D eigenvalue weighted by molar-refractivity contribution is 6.07. The van der Waals surface area contributed by atoms with Gasteiger partial charge in [-0.05, 0) is 78.8 Å². The van der Waals surface area contributed by atoms with E-state index < -0.39 is 11.6 Å². The van der Waals surface area contributed by atoms with Crippen molar-refractivity contribution in [2.75, 3.05) is 7.05 Å². The van der Waals surface area contributed by atoms with Crippen LogP contribution >= 0.6 is 0 Å². The van der Waals surface area contributed by atoms with Gasteiger partial charge in [0.1, 0.15) is 0 Å². The highest BCUT2D eigenvalue weighted by Gasteiger charge is 2.43. The standard InChI is InChI=1S/C24H30FN5O2/c1-13-20-16(22(32)26-15-11-23(2,3)30(6)24(4,5)12-15)10-18(27-21(20)29-28-13)14-7-8-19(31)17(25)9-14/h7-10,15,31H,11-12H2,1-6H3,(H,26,32)(H,27,28,29). The summed E-state index contributed by atoms with van der Waals surface area (Å²) in [5.74, 6) is -1.38. The molecular formula is C24H30FN5O2. The maximum absolute atomic E-state index is 13.9. The molecule has 1 saturated heterocycles. The predicted molar refractivity (Wildman–Crippen MR) is 122 cm³/mol. The Kier molecular flexibility index (Phi) is 5.24. The van der Waals surface area contributed by atoms with Gasteiger partial charge in [0.2, 0.25) is 0 Å². The Morgan fingerprint density at radius 1 is 1.22 bits per heavy atom. The Balaban J connectivity index is 1.72. The van der Waals surface area contributed by atoms with Crippen LogP contribution in [0.3, 0.4) is 0 Å². The number of hydrogen-bond acceptors (Lipinski definition) is 5. The lowest BCUT2D eigenvalue weighted by atomic mass is 9.77. The lowest BCUT2D eigenvalue weighted by molar-refractivity contribution is -0.0169. The molecule has 7 nitrogen and oxygen atoms in total. The predicted octanol–water partition coefficient (Wildman–Crippen LogP) is 4.16. The number of aromatic nitrogens is 3. The second-order valence-corrected chi connectivity index (χ2v) is 10.0. The van der Waals surface area contributed by atoms with Crippen LogP contribution < -0.4 is 5.32 Å². The van der Waals surface area contributed by atoms with Gasteiger partial charge in [0.25, 0.3) is 5.91 Å². The maximum atomic E-state index is 13.9. The number of amides is 1. The van der Waals surface area contributed by atoms with E-state index in [1.165, 1.54) is 12.1 Å². The molecular weight excluding hydrogens is 409 g/mol. The number of nitrogens with zero attached hydrogens (tertiary/aromatic N) is 3. The number of aryl methyl sites for hydroxylation is 1. The molecule has 0 saturated carbocycles. The molecule has 1 aliphatic rings. The molecule has 0 unspecified atom stereocenters. The van der Waals surface area contributed by atoms with Gasteiger partial charge in [-0.3, -0.25) is 14.8 Å². The minimum Gasteiger partial charge on any atom is -0.505 e. The van der Waals surface area contributed by atoms with Crippen LogP contribution in [0.25, 0.3) is 22.3 Å². The van der Waals surface area contributed by atoms with Crippen LogP contribution in [0.15, 0.2) is 24.3 Å². The molecule has 0 radical (unpaired) electrons. The highest BCUT2D eigenvalue weighted by Crippen LogP contribution is 2.37.